The van der Waals surface area contributed by atoms with Crippen LogP contribution in [0.5, 0.6) is 0 Å². The van der Waals surface area contributed by atoms with Crippen LogP contribution in [-0.4, -0.2) is 6.04 Å². The Labute approximate surface area is 97.1 Å². The lowest BCUT2D eigenvalue weighted by atomic mass is 10.1. The summed E-state index contributed by atoms with van der Waals surface area (Å²) in [5, 5.41) is 3.53. The van der Waals surface area contributed by atoms with E-state index in [-0.39, 0.29) is 5.82 Å². The number of hydrogen-bond acceptors (Lipinski definition) is 1. The second kappa shape index (κ2) is 4.96. The van der Waals surface area contributed by atoms with Gasteiger partial charge in [0.15, 0.2) is 0 Å². The maximum Gasteiger partial charge on any atom is 0.123 e. The Hall–Kier alpha value is -0.890. The first-order valence-corrected chi connectivity index (χ1v) is 6.13. The highest BCUT2D eigenvalue weighted by molar-refractivity contribution is 5.26. The predicted molar refractivity (Wildman–Crippen MR) is 64.8 cm³/mol. The van der Waals surface area contributed by atoms with Crippen molar-refractivity contribution in [2.75, 3.05) is 0 Å². The van der Waals surface area contributed by atoms with E-state index in [1.54, 1.807) is 6.07 Å². The summed E-state index contributed by atoms with van der Waals surface area (Å²) in [6.45, 7) is 5.13. The Kier molecular flexibility index (Phi) is 3.59. The van der Waals surface area contributed by atoms with Crippen molar-refractivity contribution in [3.8, 4) is 0 Å². The first kappa shape index (κ1) is 11.6. The minimum absolute atomic E-state index is 0.137. The van der Waals surface area contributed by atoms with Gasteiger partial charge in [-0.25, -0.2) is 4.39 Å². The molecule has 0 spiro atoms. The SMILES string of the molecule is Cc1ccc(F)cc1CNC1CCC(C)C1. The lowest BCUT2D eigenvalue weighted by Crippen LogP contribution is -2.26. The van der Waals surface area contributed by atoms with Crippen LogP contribution < -0.4 is 5.32 Å². The minimum atomic E-state index is -0.137. The number of nitrogens with one attached hydrogen (secondary N) is 1. The van der Waals surface area contributed by atoms with Crippen molar-refractivity contribution < 1.29 is 4.39 Å². The summed E-state index contributed by atoms with van der Waals surface area (Å²) < 4.78 is 13.1. The third-order valence-corrected chi connectivity index (χ3v) is 3.59. The molecule has 0 aliphatic heterocycles. The van der Waals surface area contributed by atoms with Crippen LogP contribution in [0.25, 0.3) is 0 Å². The van der Waals surface area contributed by atoms with Gasteiger partial charge in [-0.3, -0.25) is 0 Å². The van der Waals surface area contributed by atoms with Crippen molar-refractivity contribution in [1.29, 1.82) is 0 Å². The number of rotatable bonds is 3. The second-order valence-corrected chi connectivity index (χ2v) is 5.07. The fraction of sp³-hybridized carbons (Fsp3) is 0.571. The Morgan fingerprint density at radius 3 is 2.88 bits per heavy atom. The first-order chi connectivity index (χ1) is 7.65. The topological polar surface area (TPSA) is 12.0 Å². The van der Waals surface area contributed by atoms with Gasteiger partial charge in [0, 0.05) is 12.6 Å². The molecule has 0 radical (unpaired) electrons. The molecule has 2 unspecified atom stereocenters. The molecule has 0 saturated heterocycles. The van der Waals surface area contributed by atoms with Gasteiger partial charge in [-0.1, -0.05) is 13.0 Å². The molecule has 1 nitrogen and oxygen atoms in total. The summed E-state index contributed by atoms with van der Waals surface area (Å²) >= 11 is 0. The van der Waals surface area contributed by atoms with E-state index in [1.807, 2.05) is 13.0 Å². The zero-order chi connectivity index (χ0) is 11.5. The molecule has 1 fully saturated rings. The molecule has 2 atom stereocenters. The summed E-state index contributed by atoms with van der Waals surface area (Å²) in [4.78, 5) is 0. The van der Waals surface area contributed by atoms with Crippen molar-refractivity contribution in [3.05, 3.63) is 35.1 Å². The molecule has 1 aromatic carbocycles. The van der Waals surface area contributed by atoms with Crippen LogP contribution in [0.4, 0.5) is 4.39 Å². The van der Waals surface area contributed by atoms with Crippen LogP contribution in [0.1, 0.15) is 37.3 Å². The summed E-state index contributed by atoms with van der Waals surface area (Å²) in [7, 11) is 0. The molecular weight excluding hydrogens is 201 g/mol. The monoisotopic (exact) mass is 221 g/mol. The van der Waals surface area contributed by atoms with Crippen LogP contribution in [-0.2, 0) is 6.54 Å². The standard InChI is InChI=1S/C14H20FN/c1-10-3-6-14(7-10)16-9-12-8-13(15)5-4-11(12)2/h4-5,8,10,14,16H,3,6-7,9H2,1-2H3. The lowest BCUT2D eigenvalue weighted by molar-refractivity contribution is 0.500. The van der Waals surface area contributed by atoms with Crippen LogP contribution >= 0.6 is 0 Å². The summed E-state index contributed by atoms with van der Waals surface area (Å²) in [5.41, 5.74) is 2.25. The molecule has 16 heavy (non-hydrogen) atoms. The molecular formula is C14H20FN. The number of halogens is 1. The summed E-state index contributed by atoms with van der Waals surface area (Å²) in [6.07, 6.45) is 3.84. The van der Waals surface area contributed by atoms with Crippen molar-refractivity contribution in [2.24, 2.45) is 5.92 Å². The Morgan fingerprint density at radius 1 is 1.38 bits per heavy atom. The van der Waals surface area contributed by atoms with Crippen molar-refractivity contribution >= 4 is 0 Å². The number of hydrogen-bond donors (Lipinski definition) is 1. The average Bonchev–Trinajstić information content (AvgIpc) is 2.66. The third kappa shape index (κ3) is 2.82. The van der Waals surface area contributed by atoms with Gasteiger partial charge >= 0.3 is 0 Å². The van der Waals surface area contributed by atoms with Crippen molar-refractivity contribution in [1.82, 2.24) is 5.32 Å². The zero-order valence-electron chi connectivity index (χ0n) is 10.1. The highest BCUT2D eigenvalue weighted by atomic mass is 19.1. The van der Waals surface area contributed by atoms with Gasteiger partial charge in [0.1, 0.15) is 5.82 Å². The third-order valence-electron chi connectivity index (χ3n) is 3.59. The normalized spacial score (nSPS) is 24.9. The minimum Gasteiger partial charge on any atom is -0.310 e. The summed E-state index contributed by atoms with van der Waals surface area (Å²) in [5.74, 6) is 0.702. The molecule has 1 aromatic rings. The quantitative estimate of drug-likeness (QED) is 0.824. The second-order valence-electron chi connectivity index (χ2n) is 5.07. The van der Waals surface area contributed by atoms with Crippen LogP contribution in [0.3, 0.4) is 0 Å². The van der Waals surface area contributed by atoms with Crippen LogP contribution in [0, 0.1) is 18.7 Å². The lowest BCUT2D eigenvalue weighted by Gasteiger charge is -2.13. The summed E-state index contributed by atoms with van der Waals surface area (Å²) in [6, 6.07) is 5.64. The molecule has 0 bridgehead atoms. The van der Waals surface area contributed by atoms with Crippen LogP contribution in [0.2, 0.25) is 0 Å². The van der Waals surface area contributed by atoms with E-state index in [0.717, 1.165) is 18.0 Å². The molecule has 0 heterocycles. The zero-order valence-corrected chi connectivity index (χ0v) is 10.1. The van der Waals surface area contributed by atoms with Gasteiger partial charge in [0.2, 0.25) is 0 Å². The van der Waals surface area contributed by atoms with E-state index in [2.05, 4.69) is 12.2 Å². The molecule has 1 saturated carbocycles. The predicted octanol–water partition coefficient (Wildman–Crippen LogP) is 3.41. The van der Waals surface area contributed by atoms with E-state index in [1.165, 1.54) is 30.9 Å². The number of benzene rings is 1. The van der Waals surface area contributed by atoms with E-state index < -0.39 is 0 Å². The smallest absolute Gasteiger partial charge is 0.123 e. The van der Waals surface area contributed by atoms with Gasteiger partial charge in [-0.15, -0.1) is 0 Å². The fourth-order valence-electron chi connectivity index (χ4n) is 2.48. The number of aryl methyl sites for hydroxylation is 1. The molecule has 2 rings (SSSR count). The van der Waals surface area contributed by atoms with Gasteiger partial charge in [0.05, 0.1) is 0 Å². The van der Waals surface area contributed by atoms with Gasteiger partial charge in [-0.2, -0.15) is 0 Å². The maximum atomic E-state index is 13.1. The molecule has 88 valence electrons. The van der Waals surface area contributed by atoms with E-state index >= 15 is 0 Å². The largest absolute Gasteiger partial charge is 0.310 e. The van der Waals surface area contributed by atoms with Crippen molar-refractivity contribution in [3.63, 3.8) is 0 Å². The van der Waals surface area contributed by atoms with Gasteiger partial charge in [0.25, 0.3) is 0 Å². The Morgan fingerprint density at radius 2 is 2.19 bits per heavy atom. The molecule has 1 aliphatic carbocycles. The molecule has 1 N–H and O–H groups in total. The molecule has 0 amide bonds. The van der Waals surface area contributed by atoms with Gasteiger partial charge < -0.3 is 5.32 Å². The van der Waals surface area contributed by atoms with E-state index in [9.17, 15) is 4.39 Å². The van der Waals surface area contributed by atoms with Crippen LogP contribution in [0.15, 0.2) is 18.2 Å². The van der Waals surface area contributed by atoms with Gasteiger partial charge in [-0.05, 0) is 55.4 Å². The van der Waals surface area contributed by atoms with E-state index in [4.69, 9.17) is 0 Å². The fourth-order valence-corrected chi connectivity index (χ4v) is 2.48. The Bertz CT molecular complexity index is 362. The highest BCUT2D eigenvalue weighted by Gasteiger charge is 2.20. The average molecular weight is 221 g/mol. The Balaban J connectivity index is 1.91. The van der Waals surface area contributed by atoms with E-state index in [0.29, 0.717) is 6.04 Å². The molecule has 2 heteroatoms. The van der Waals surface area contributed by atoms with Crippen molar-refractivity contribution in [2.45, 2.75) is 45.7 Å². The molecule has 0 aromatic heterocycles. The highest BCUT2D eigenvalue weighted by Crippen LogP contribution is 2.25. The molecule has 1 aliphatic rings. The maximum absolute atomic E-state index is 13.1. The first-order valence-electron chi connectivity index (χ1n) is 6.13.